The largest absolute Gasteiger partial charge is 0.367 e. The first-order valence-electron chi connectivity index (χ1n) is 9.33. The van der Waals surface area contributed by atoms with Gasteiger partial charge in [-0.25, -0.2) is 4.39 Å². The summed E-state index contributed by atoms with van der Waals surface area (Å²) in [6, 6.07) is 11.0. The molecule has 2 aromatic heterocycles. The number of aryl methyl sites for hydroxylation is 1. The SMILES string of the molecule is Cc1n[nH]cc1C(C)N1CCN(c2cccnc2-c2ccc(F)cc2)CC1.Cl. The Bertz CT molecular complexity index is 903. The zero-order chi connectivity index (χ0) is 18.8. The molecule has 1 aromatic carbocycles. The maximum Gasteiger partial charge on any atom is 0.123 e. The number of hydrogen-bond donors (Lipinski definition) is 1. The molecule has 3 aromatic rings. The van der Waals surface area contributed by atoms with Crippen LogP contribution in [-0.4, -0.2) is 46.3 Å². The average Bonchev–Trinajstić information content (AvgIpc) is 3.14. The molecule has 1 N–H and O–H groups in total. The van der Waals surface area contributed by atoms with E-state index in [9.17, 15) is 4.39 Å². The molecule has 5 nitrogen and oxygen atoms in total. The number of rotatable bonds is 4. The lowest BCUT2D eigenvalue weighted by Gasteiger charge is -2.39. The van der Waals surface area contributed by atoms with Crippen LogP contribution in [0, 0.1) is 12.7 Å². The lowest BCUT2D eigenvalue weighted by Crippen LogP contribution is -2.47. The highest BCUT2D eigenvalue weighted by atomic mass is 35.5. The molecule has 4 rings (SSSR count). The van der Waals surface area contributed by atoms with E-state index in [0.717, 1.165) is 48.8 Å². The second-order valence-corrected chi connectivity index (χ2v) is 7.00. The molecule has 0 aliphatic carbocycles. The highest BCUT2D eigenvalue weighted by Crippen LogP contribution is 2.31. The van der Waals surface area contributed by atoms with Crippen molar-refractivity contribution in [3.8, 4) is 11.3 Å². The van der Waals surface area contributed by atoms with Gasteiger partial charge in [-0.3, -0.25) is 15.0 Å². The zero-order valence-electron chi connectivity index (χ0n) is 16.1. The molecule has 1 atom stereocenters. The van der Waals surface area contributed by atoms with Crippen LogP contribution in [0.4, 0.5) is 10.1 Å². The maximum atomic E-state index is 13.3. The highest BCUT2D eigenvalue weighted by molar-refractivity contribution is 5.85. The normalized spacial score (nSPS) is 15.9. The lowest BCUT2D eigenvalue weighted by atomic mass is 10.1. The van der Waals surface area contributed by atoms with E-state index in [4.69, 9.17) is 0 Å². The number of anilines is 1. The van der Waals surface area contributed by atoms with Gasteiger partial charge in [0.05, 0.1) is 17.1 Å². The first-order valence-corrected chi connectivity index (χ1v) is 9.33. The Morgan fingerprint density at radius 3 is 2.43 bits per heavy atom. The summed E-state index contributed by atoms with van der Waals surface area (Å²) in [5, 5.41) is 7.21. The number of halogens is 2. The Hall–Kier alpha value is -2.44. The fraction of sp³-hybridized carbons (Fsp3) is 0.333. The van der Waals surface area contributed by atoms with Crippen LogP contribution in [0.2, 0.25) is 0 Å². The molecule has 7 heteroatoms. The minimum absolute atomic E-state index is 0. The number of aromatic nitrogens is 3. The van der Waals surface area contributed by atoms with Crippen LogP contribution in [-0.2, 0) is 0 Å². The van der Waals surface area contributed by atoms with Gasteiger partial charge >= 0.3 is 0 Å². The number of nitrogens with one attached hydrogen (secondary N) is 1. The van der Waals surface area contributed by atoms with Crippen molar-refractivity contribution in [2.24, 2.45) is 0 Å². The molecule has 148 valence electrons. The van der Waals surface area contributed by atoms with Crippen molar-refractivity contribution < 1.29 is 4.39 Å². The monoisotopic (exact) mass is 401 g/mol. The Balaban J connectivity index is 0.00000225. The lowest BCUT2D eigenvalue weighted by molar-refractivity contribution is 0.198. The summed E-state index contributed by atoms with van der Waals surface area (Å²) < 4.78 is 13.3. The van der Waals surface area contributed by atoms with E-state index in [1.165, 1.54) is 17.7 Å². The molecule has 1 aliphatic heterocycles. The van der Waals surface area contributed by atoms with Gasteiger partial charge in [-0.2, -0.15) is 5.10 Å². The summed E-state index contributed by atoms with van der Waals surface area (Å²) in [6.07, 6.45) is 3.79. The third-order valence-corrected chi connectivity index (χ3v) is 5.43. The van der Waals surface area contributed by atoms with E-state index in [-0.39, 0.29) is 18.2 Å². The van der Waals surface area contributed by atoms with Gasteiger partial charge in [-0.1, -0.05) is 0 Å². The first kappa shape index (κ1) is 20.3. The van der Waals surface area contributed by atoms with Crippen LogP contribution in [0.1, 0.15) is 24.2 Å². The van der Waals surface area contributed by atoms with E-state index >= 15 is 0 Å². The molecule has 3 heterocycles. The van der Waals surface area contributed by atoms with Gasteiger partial charge in [0.2, 0.25) is 0 Å². The van der Waals surface area contributed by atoms with Crippen molar-refractivity contribution >= 4 is 18.1 Å². The maximum absolute atomic E-state index is 13.3. The van der Waals surface area contributed by atoms with Crippen LogP contribution in [0.15, 0.2) is 48.8 Å². The number of aromatic amines is 1. The molecular weight excluding hydrogens is 377 g/mol. The van der Waals surface area contributed by atoms with Crippen LogP contribution in [0.25, 0.3) is 11.3 Å². The van der Waals surface area contributed by atoms with Gasteiger partial charge in [0, 0.05) is 55.7 Å². The first-order chi connectivity index (χ1) is 13.1. The van der Waals surface area contributed by atoms with Crippen LogP contribution < -0.4 is 4.90 Å². The third kappa shape index (κ3) is 4.03. The van der Waals surface area contributed by atoms with Crippen molar-refractivity contribution in [3.05, 3.63) is 65.9 Å². The molecule has 0 bridgehead atoms. The summed E-state index contributed by atoms with van der Waals surface area (Å²) in [7, 11) is 0. The Morgan fingerprint density at radius 1 is 1.07 bits per heavy atom. The number of benzene rings is 1. The molecule has 0 spiro atoms. The van der Waals surface area contributed by atoms with Gasteiger partial charge in [-0.15, -0.1) is 12.4 Å². The molecule has 0 amide bonds. The van der Waals surface area contributed by atoms with Crippen LogP contribution in [0.3, 0.4) is 0 Å². The molecule has 28 heavy (non-hydrogen) atoms. The van der Waals surface area contributed by atoms with Crippen molar-refractivity contribution in [2.45, 2.75) is 19.9 Å². The Morgan fingerprint density at radius 2 is 1.79 bits per heavy atom. The van der Waals surface area contributed by atoms with E-state index < -0.39 is 0 Å². The van der Waals surface area contributed by atoms with E-state index in [2.05, 4.69) is 38.0 Å². The number of nitrogens with zero attached hydrogens (tertiary/aromatic N) is 4. The van der Waals surface area contributed by atoms with Gasteiger partial charge in [0.25, 0.3) is 0 Å². The van der Waals surface area contributed by atoms with Gasteiger partial charge in [0.15, 0.2) is 0 Å². The van der Waals surface area contributed by atoms with Gasteiger partial charge < -0.3 is 4.90 Å². The summed E-state index contributed by atoms with van der Waals surface area (Å²) in [5.41, 5.74) is 5.28. The summed E-state index contributed by atoms with van der Waals surface area (Å²) in [5.74, 6) is -0.228. The van der Waals surface area contributed by atoms with Crippen LogP contribution in [0.5, 0.6) is 0 Å². The Kier molecular flexibility index (Phi) is 6.31. The van der Waals surface area contributed by atoms with E-state index in [0.29, 0.717) is 6.04 Å². The quantitative estimate of drug-likeness (QED) is 0.710. The summed E-state index contributed by atoms with van der Waals surface area (Å²) in [6.45, 7) is 8.10. The second-order valence-electron chi connectivity index (χ2n) is 7.00. The standard InChI is InChI=1S/C21H24FN5.ClH/c1-15-19(14-24-25-15)16(2)26-10-12-27(13-11-26)20-4-3-9-23-21(20)17-5-7-18(22)8-6-17;/h3-9,14,16H,10-13H2,1-2H3,(H,24,25);1H. The average molecular weight is 402 g/mol. The number of piperazine rings is 1. The van der Waals surface area contributed by atoms with Crippen molar-refractivity contribution in [1.82, 2.24) is 20.1 Å². The fourth-order valence-electron chi connectivity index (χ4n) is 3.82. The highest BCUT2D eigenvalue weighted by Gasteiger charge is 2.25. The van der Waals surface area contributed by atoms with Crippen molar-refractivity contribution in [3.63, 3.8) is 0 Å². The summed E-state index contributed by atoms with van der Waals surface area (Å²) in [4.78, 5) is 9.43. The van der Waals surface area contributed by atoms with E-state index in [1.807, 2.05) is 19.2 Å². The van der Waals surface area contributed by atoms with Gasteiger partial charge in [-0.05, 0) is 50.2 Å². The smallest absolute Gasteiger partial charge is 0.123 e. The van der Waals surface area contributed by atoms with E-state index in [1.54, 1.807) is 18.3 Å². The number of hydrogen-bond acceptors (Lipinski definition) is 4. The topological polar surface area (TPSA) is 48.1 Å². The summed E-state index contributed by atoms with van der Waals surface area (Å²) >= 11 is 0. The molecule has 1 fully saturated rings. The van der Waals surface area contributed by atoms with Crippen LogP contribution >= 0.6 is 12.4 Å². The Labute approximate surface area is 171 Å². The predicted octanol–water partition coefficient (Wildman–Crippen LogP) is 4.22. The molecule has 0 radical (unpaired) electrons. The predicted molar refractivity (Wildman–Crippen MR) is 112 cm³/mol. The second kappa shape index (κ2) is 8.71. The fourth-order valence-corrected chi connectivity index (χ4v) is 3.82. The number of pyridine rings is 1. The zero-order valence-corrected chi connectivity index (χ0v) is 16.9. The molecule has 0 saturated carbocycles. The third-order valence-electron chi connectivity index (χ3n) is 5.43. The van der Waals surface area contributed by atoms with Crippen molar-refractivity contribution in [2.75, 3.05) is 31.1 Å². The number of H-pyrrole nitrogens is 1. The molecule has 1 aliphatic rings. The minimum atomic E-state index is -0.228. The van der Waals surface area contributed by atoms with Gasteiger partial charge in [0.1, 0.15) is 5.82 Å². The molecule has 1 saturated heterocycles. The molecular formula is C21H25ClFN5. The minimum Gasteiger partial charge on any atom is -0.367 e. The molecule has 1 unspecified atom stereocenters. The van der Waals surface area contributed by atoms with Crippen molar-refractivity contribution in [1.29, 1.82) is 0 Å².